The van der Waals surface area contributed by atoms with Crippen LogP contribution in [0, 0.1) is 0 Å². The van der Waals surface area contributed by atoms with Crippen molar-refractivity contribution in [2.24, 2.45) is 12.2 Å². The van der Waals surface area contributed by atoms with Crippen LogP contribution in [0.5, 0.6) is 5.75 Å². The van der Waals surface area contributed by atoms with Gasteiger partial charge < -0.3 is 14.2 Å². The van der Waals surface area contributed by atoms with Crippen molar-refractivity contribution in [3.05, 3.63) is 84.4 Å². The molecule has 4 aromatic rings. The fourth-order valence-electron chi connectivity index (χ4n) is 3.79. The van der Waals surface area contributed by atoms with Crippen molar-refractivity contribution in [2.75, 3.05) is 19.1 Å². The van der Waals surface area contributed by atoms with E-state index < -0.39 is 10.0 Å². The van der Waals surface area contributed by atoms with E-state index in [1.807, 2.05) is 67.5 Å². The monoisotopic (exact) mass is 463 g/mol. The summed E-state index contributed by atoms with van der Waals surface area (Å²) in [7, 11) is 1.17. The van der Waals surface area contributed by atoms with Crippen molar-refractivity contribution >= 4 is 21.5 Å². The van der Waals surface area contributed by atoms with E-state index in [1.54, 1.807) is 36.5 Å². The predicted octanol–water partition coefficient (Wildman–Crippen LogP) is 3.50. The van der Waals surface area contributed by atoms with Crippen LogP contribution < -0.4 is 14.8 Å². The minimum Gasteiger partial charge on any atom is -0.497 e. The second-order valence-electron chi connectivity index (χ2n) is 7.69. The van der Waals surface area contributed by atoms with Gasteiger partial charge in [0, 0.05) is 32.1 Å². The highest BCUT2D eigenvalue weighted by atomic mass is 32.2. The zero-order valence-electron chi connectivity index (χ0n) is 18.6. The van der Waals surface area contributed by atoms with Gasteiger partial charge in [0.2, 0.25) is 10.0 Å². The molecule has 0 bridgehead atoms. The number of aryl methyl sites for hydroxylation is 1. The summed E-state index contributed by atoms with van der Waals surface area (Å²) < 4.78 is 32.9. The Morgan fingerprint density at radius 2 is 1.82 bits per heavy atom. The van der Waals surface area contributed by atoms with E-state index in [2.05, 4.69) is 9.97 Å². The highest BCUT2D eigenvalue weighted by Crippen LogP contribution is 2.40. The Bertz CT molecular complexity index is 1370. The summed E-state index contributed by atoms with van der Waals surface area (Å²) >= 11 is 0. The third-order valence-electron chi connectivity index (χ3n) is 5.37. The van der Waals surface area contributed by atoms with E-state index >= 15 is 0 Å². The Kier molecular flexibility index (Phi) is 6.17. The lowest BCUT2D eigenvalue weighted by molar-refractivity contribution is 0.414. The first kappa shape index (κ1) is 22.5. The molecule has 2 aromatic heterocycles. The lowest BCUT2D eigenvalue weighted by atomic mass is 9.99. The molecule has 0 saturated heterocycles. The van der Waals surface area contributed by atoms with Gasteiger partial charge in [0.05, 0.1) is 29.7 Å². The molecule has 0 aliphatic heterocycles. The van der Waals surface area contributed by atoms with Gasteiger partial charge in [-0.1, -0.05) is 24.3 Å². The smallest absolute Gasteiger partial charge is 0.239 e. The van der Waals surface area contributed by atoms with E-state index in [0.717, 1.165) is 11.3 Å². The number of rotatable bonds is 7. The Morgan fingerprint density at radius 1 is 1.06 bits per heavy atom. The number of hydrogen-bond donors (Lipinski definition) is 1. The highest BCUT2D eigenvalue weighted by molar-refractivity contribution is 7.89. The fourth-order valence-corrected chi connectivity index (χ4v) is 4.79. The fraction of sp³-hybridized carbons (Fsp3) is 0.167. The molecule has 4 rings (SSSR count). The van der Waals surface area contributed by atoms with Crippen molar-refractivity contribution < 1.29 is 13.2 Å². The number of pyridine rings is 1. The molecule has 170 valence electrons. The lowest BCUT2D eigenvalue weighted by Gasteiger charge is -2.24. The number of hydrogen-bond acceptors (Lipinski definition) is 6. The van der Waals surface area contributed by atoms with Crippen LogP contribution in [0.15, 0.2) is 78.2 Å². The number of benzene rings is 2. The molecular weight excluding hydrogens is 438 g/mol. The van der Waals surface area contributed by atoms with Crippen LogP contribution in [0.4, 0.5) is 11.5 Å². The Morgan fingerprint density at radius 3 is 2.39 bits per heavy atom. The minimum absolute atomic E-state index is 0.0531. The molecule has 2 heterocycles. The number of anilines is 2. The molecule has 8 nitrogen and oxygen atoms in total. The maximum Gasteiger partial charge on any atom is 0.239 e. The Hall–Kier alpha value is -3.69. The van der Waals surface area contributed by atoms with Crippen molar-refractivity contribution in [1.29, 1.82) is 0 Å². The predicted molar refractivity (Wildman–Crippen MR) is 128 cm³/mol. The van der Waals surface area contributed by atoms with E-state index in [-0.39, 0.29) is 4.90 Å². The van der Waals surface area contributed by atoms with Gasteiger partial charge in [-0.2, -0.15) is 0 Å². The molecule has 0 saturated carbocycles. The average Bonchev–Trinajstić information content (AvgIpc) is 3.24. The zero-order valence-corrected chi connectivity index (χ0v) is 19.5. The Labute approximate surface area is 193 Å². The van der Waals surface area contributed by atoms with Crippen LogP contribution in [0.3, 0.4) is 0 Å². The largest absolute Gasteiger partial charge is 0.497 e. The van der Waals surface area contributed by atoms with E-state index in [4.69, 9.17) is 9.88 Å². The summed E-state index contributed by atoms with van der Waals surface area (Å²) in [5, 5.41) is 5.79. The van der Waals surface area contributed by atoms with Crippen LogP contribution >= 0.6 is 0 Å². The first-order chi connectivity index (χ1) is 15.8. The molecule has 0 amide bonds. The molecule has 33 heavy (non-hydrogen) atoms. The number of primary sulfonamides is 1. The SMILES string of the molecule is COc1ccc(Cc2ccc(N(C)c3ccccn3)c(-c3cn(C)cn3)c2S(N)(=O)=O)cc1. The number of aromatic nitrogens is 3. The number of nitrogens with zero attached hydrogens (tertiary/aromatic N) is 4. The van der Waals surface area contributed by atoms with Gasteiger partial charge in [0.1, 0.15) is 11.6 Å². The van der Waals surface area contributed by atoms with Crippen molar-refractivity contribution in [3.8, 4) is 17.0 Å². The van der Waals surface area contributed by atoms with E-state index in [0.29, 0.717) is 34.7 Å². The third kappa shape index (κ3) is 4.74. The number of methoxy groups -OCH3 is 1. The van der Waals surface area contributed by atoms with Gasteiger partial charge in [-0.25, -0.2) is 23.5 Å². The molecule has 2 aromatic carbocycles. The lowest BCUT2D eigenvalue weighted by Crippen LogP contribution is -2.19. The molecule has 0 fully saturated rings. The third-order valence-corrected chi connectivity index (χ3v) is 6.41. The quantitative estimate of drug-likeness (QED) is 0.450. The van der Waals surface area contributed by atoms with Gasteiger partial charge in [0.25, 0.3) is 0 Å². The summed E-state index contributed by atoms with van der Waals surface area (Å²) in [4.78, 5) is 10.7. The molecule has 0 atom stereocenters. The number of ether oxygens (including phenoxy) is 1. The molecule has 0 aliphatic rings. The summed E-state index contributed by atoms with van der Waals surface area (Å²) in [5.74, 6) is 1.39. The first-order valence-corrected chi connectivity index (χ1v) is 11.8. The van der Waals surface area contributed by atoms with E-state index in [1.165, 1.54) is 0 Å². The highest BCUT2D eigenvalue weighted by Gasteiger charge is 2.27. The maximum absolute atomic E-state index is 12.9. The molecular formula is C24H25N5O3S. The van der Waals surface area contributed by atoms with Crippen LogP contribution in [0.25, 0.3) is 11.3 Å². The number of nitrogens with two attached hydrogens (primary N) is 1. The number of imidazole rings is 1. The van der Waals surface area contributed by atoms with Crippen LogP contribution in [0.1, 0.15) is 11.1 Å². The van der Waals surface area contributed by atoms with Crippen LogP contribution in [-0.2, 0) is 23.5 Å². The average molecular weight is 464 g/mol. The van der Waals surface area contributed by atoms with Crippen molar-refractivity contribution in [2.45, 2.75) is 11.3 Å². The van der Waals surface area contributed by atoms with Crippen LogP contribution in [-0.4, -0.2) is 37.1 Å². The summed E-state index contributed by atoms with van der Waals surface area (Å²) in [6, 6.07) is 16.7. The standard InChI is InChI=1S/C24H25N5O3S/c1-28-15-20(27-16-28)23-21(29(2)22-6-4-5-13-26-22)12-9-18(24(23)33(25,30)31)14-17-7-10-19(32-3)11-8-17/h4-13,15-16H,14H2,1-3H3,(H2,25,30,31). The summed E-state index contributed by atoms with van der Waals surface area (Å²) in [5.41, 5.74) is 3.10. The topological polar surface area (TPSA) is 103 Å². The van der Waals surface area contributed by atoms with E-state index in [9.17, 15) is 8.42 Å². The summed E-state index contributed by atoms with van der Waals surface area (Å²) in [6.07, 6.45) is 5.47. The maximum atomic E-state index is 12.9. The van der Waals surface area contributed by atoms with Gasteiger partial charge in [-0.05, 0) is 47.9 Å². The number of sulfonamides is 1. The molecule has 0 radical (unpaired) electrons. The second kappa shape index (κ2) is 9.05. The van der Waals surface area contributed by atoms with Gasteiger partial charge in [-0.3, -0.25) is 0 Å². The van der Waals surface area contributed by atoms with Crippen molar-refractivity contribution in [3.63, 3.8) is 0 Å². The molecule has 0 spiro atoms. The molecule has 9 heteroatoms. The zero-order chi connectivity index (χ0) is 23.6. The van der Waals surface area contributed by atoms with Crippen LogP contribution in [0.2, 0.25) is 0 Å². The summed E-state index contributed by atoms with van der Waals surface area (Å²) in [6.45, 7) is 0. The van der Waals surface area contributed by atoms with Crippen molar-refractivity contribution in [1.82, 2.24) is 14.5 Å². The molecule has 0 aliphatic carbocycles. The molecule has 2 N–H and O–H groups in total. The Balaban J connectivity index is 1.94. The van der Waals surface area contributed by atoms with Gasteiger partial charge in [0.15, 0.2) is 0 Å². The van der Waals surface area contributed by atoms with Gasteiger partial charge in [-0.15, -0.1) is 0 Å². The van der Waals surface area contributed by atoms with Gasteiger partial charge >= 0.3 is 0 Å². The second-order valence-corrected chi connectivity index (χ2v) is 9.19. The first-order valence-electron chi connectivity index (χ1n) is 10.2. The molecule has 0 unspecified atom stereocenters. The minimum atomic E-state index is -4.10. The normalized spacial score (nSPS) is 11.4.